The number of hydrogen-bond donors (Lipinski definition) is 3. The van der Waals surface area contributed by atoms with Crippen molar-refractivity contribution in [1.29, 1.82) is 0 Å². The van der Waals surface area contributed by atoms with Crippen LogP contribution in [0.25, 0.3) is 0 Å². The summed E-state index contributed by atoms with van der Waals surface area (Å²) < 4.78 is 24.6. The first-order valence-corrected chi connectivity index (χ1v) is 8.82. The van der Waals surface area contributed by atoms with Crippen LogP contribution < -0.4 is 10.6 Å². The van der Waals surface area contributed by atoms with Crippen molar-refractivity contribution in [2.24, 2.45) is 0 Å². The molecule has 0 aliphatic heterocycles. The Morgan fingerprint density at radius 3 is 2.40 bits per heavy atom. The van der Waals surface area contributed by atoms with Crippen molar-refractivity contribution in [2.75, 3.05) is 5.32 Å². The Morgan fingerprint density at radius 1 is 1.04 bits per heavy atom. The van der Waals surface area contributed by atoms with Crippen molar-refractivity contribution in [3.8, 4) is 0 Å². The molecule has 0 saturated carbocycles. The number of hydrogen-bond acceptors (Lipinski definition) is 5. The normalized spacial score (nSPS) is 11.0. The standard InChI is InChI=1S/C16H15N5O3S/c22-16(18-9-12-5-7-17-8-6-12)21-13-1-3-14(4-2-13)25(23,24)15-10-19-20-11-15/h1-8,10-11H,9H2,(H,19,20)(H2,18,21,22). The lowest BCUT2D eigenvalue weighted by molar-refractivity contribution is 0.251. The molecule has 9 heteroatoms. The van der Waals surface area contributed by atoms with E-state index in [1.165, 1.54) is 36.7 Å². The second kappa shape index (κ2) is 7.14. The first-order chi connectivity index (χ1) is 12.1. The maximum Gasteiger partial charge on any atom is 0.319 e. The molecule has 0 fully saturated rings. The van der Waals surface area contributed by atoms with E-state index in [2.05, 4.69) is 25.8 Å². The number of amides is 2. The number of sulfone groups is 1. The molecule has 8 nitrogen and oxygen atoms in total. The third-order valence-corrected chi connectivity index (χ3v) is 5.14. The number of anilines is 1. The minimum Gasteiger partial charge on any atom is -0.334 e. The fourth-order valence-electron chi connectivity index (χ4n) is 2.10. The smallest absolute Gasteiger partial charge is 0.319 e. The van der Waals surface area contributed by atoms with E-state index in [1.54, 1.807) is 24.5 Å². The number of nitrogens with zero attached hydrogens (tertiary/aromatic N) is 2. The number of H-pyrrole nitrogens is 1. The number of aromatic nitrogens is 3. The number of carbonyl (C=O) groups excluding carboxylic acids is 1. The Balaban J connectivity index is 1.62. The van der Waals surface area contributed by atoms with Crippen LogP contribution in [-0.4, -0.2) is 29.6 Å². The van der Waals surface area contributed by atoms with Gasteiger partial charge in [0.2, 0.25) is 9.84 Å². The molecule has 0 radical (unpaired) electrons. The third-order valence-electron chi connectivity index (χ3n) is 3.41. The Hall–Kier alpha value is -3.20. The van der Waals surface area contributed by atoms with Gasteiger partial charge in [0.25, 0.3) is 0 Å². The Bertz CT molecular complexity index is 939. The van der Waals surface area contributed by atoms with Gasteiger partial charge in [0, 0.05) is 30.8 Å². The van der Waals surface area contributed by atoms with Crippen LogP contribution in [0.3, 0.4) is 0 Å². The van der Waals surface area contributed by atoms with Crippen molar-refractivity contribution < 1.29 is 13.2 Å². The molecule has 0 atom stereocenters. The van der Waals surface area contributed by atoms with E-state index in [9.17, 15) is 13.2 Å². The fraction of sp³-hybridized carbons (Fsp3) is 0.0625. The zero-order valence-corrected chi connectivity index (χ0v) is 13.8. The van der Waals surface area contributed by atoms with Crippen LogP contribution in [0.15, 0.2) is 71.0 Å². The second-order valence-electron chi connectivity index (χ2n) is 5.12. The number of aromatic amines is 1. The number of nitrogens with one attached hydrogen (secondary N) is 3. The van der Waals surface area contributed by atoms with Crippen LogP contribution in [0.5, 0.6) is 0 Å². The van der Waals surface area contributed by atoms with E-state index >= 15 is 0 Å². The Labute approximate surface area is 144 Å². The van der Waals surface area contributed by atoms with Crippen LogP contribution in [0, 0.1) is 0 Å². The fourth-order valence-corrected chi connectivity index (χ4v) is 3.26. The molecule has 0 aliphatic carbocycles. The van der Waals surface area contributed by atoms with E-state index in [1.807, 2.05) is 0 Å². The molecule has 25 heavy (non-hydrogen) atoms. The molecule has 0 spiro atoms. The molecule has 2 amide bonds. The molecular formula is C16H15N5O3S. The molecule has 2 aromatic heterocycles. The van der Waals surface area contributed by atoms with Gasteiger partial charge in [-0.2, -0.15) is 5.10 Å². The van der Waals surface area contributed by atoms with Gasteiger partial charge >= 0.3 is 6.03 Å². The zero-order chi connectivity index (χ0) is 17.7. The lowest BCUT2D eigenvalue weighted by atomic mass is 10.3. The van der Waals surface area contributed by atoms with Crippen molar-refractivity contribution in [2.45, 2.75) is 16.3 Å². The largest absolute Gasteiger partial charge is 0.334 e. The average molecular weight is 357 g/mol. The molecule has 0 aliphatic rings. The molecule has 0 saturated heterocycles. The number of benzene rings is 1. The van der Waals surface area contributed by atoms with Gasteiger partial charge in [0.1, 0.15) is 4.90 Å². The van der Waals surface area contributed by atoms with Crippen LogP contribution >= 0.6 is 0 Å². The Kier molecular flexibility index (Phi) is 4.75. The topological polar surface area (TPSA) is 117 Å². The molecule has 3 aromatic rings. The van der Waals surface area contributed by atoms with Crippen LogP contribution in [0.4, 0.5) is 10.5 Å². The first-order valence-electron chi connectivity index (χ1n) is 7.33. The molecule has 3 N–H and O–H groups in total. The number of pyridine rings is 1. The summed E-state index contributed by atoms with van der Waals surface area (Å²) in [5.74, 6) is 0. The quantitative estimate of drug-likeness (QED) is 0.645. The highest BCUT2D eigenvalue weighted by atomic mass is 32.2. The van der Waals surface area contributed by atoms with E-state index in [-0.39, 0.29) is 15.8 Å². The highest BCUT2D eigenvalue weighted by Crippen LogP contribution is 2.21. The Morgan fingerprint density at radius 2 is 1.76 bits per heavy atom. The predicted octanol–water partition coefficient (Wildman–Crippen LogP) is 1.96. The van der Waals surface area contributed by atoms with Crippen LogP contribution in [-0.2, 0) is 16.4 Å². The minimum atomic E-state index is -3.62. The highest BCUT2D eigenvalue weighted by Gasteiger charge is 2.18. The maximum absolute atomic E-state index is 12.3. The summed E-state index contributed by atoms with van der Waals surface area (Å²) in [6.07, 6.45) is 5.85. The van der Waals surface area contributed by atoms with Gasteiger partial charge in [-0.15, -0.1) is 0 Å². The number of carbonyl (C=O) groups is 1. The molecule has 1 aromatic carbocycles. The summed E-state index contributed by atoms with van der Waals surface area (Å²) >= 11 is 0. The molecule has 3 rings (SSSR count). The molecule has 2 heterocycles. The third kappa shape index (κ3) is 4.01. The predicted molar refractivity (Wildman–Crippen MR) is 90.6 cm³/mol. The SMILES string of the molecule is O=C(NCc1ccncc1)Nc1ccc(S(=O)(=O)c2cn[nH]c2)cc1. The summed E-state index contributed by atoms with van der Waals surface area (Å²) in [6.45, 7) is 0.362. The summed E-state index contributed by atoms with van der Waals surface area (Å²) in [4.78, 5) is 16.0. The summed E-state index contributed by atoms with van der Waals surface area (Å²) in [5, 5.41) is 11.5. The number of rotatable bonds is 5. The summed E-state index contributed by atoms with van der Waals surface area (Å²) in [7, 11) is -3.62. The molecular weight excluding hydrogens is 342 g/mol. The van der Waals surface area contributed by atoms with Gasteiger partial charge in [0.05, 0.1) is 11.1 Å². The van der Waals surface area contributed by atoms with Crippen molar-refractivity contribution >= 4 is 21.6 Å². The van der Waals surface area contributed by atoms with E-state index < -0.39 is 9.84 Å². The first kappa shape index (κ1) is 16.7. The molecule has 0 unspecified atom stereocenters. The van der Waals surface area contributed by atoms with Crippen molar-refractivity contribution in [1.82, 2.24) is 20.5 Å². The number of urea groups is 1. The molecule has 0 bridgehead atoms. The van der Waals surface area contributed by atoms with E-state index in [0.29, 0.717) is 12.2 Å². The second-order valence-corrected chi connectivity index (χ2v) is 7.07. The van der Waals surface area contributed by atoms with Gasteiger partial charge in [-0.3, -0.25) is 10.1 Å². The monoisotopic (exact) mass is 357 g/mol. The summed E-state index contributed by atoms with van der Waals surface area (Å²) in [6, 6.07) is 9.13. The van der Waals surface area contributed by atoms with Gasteiger partial charge in [-0.1, -0.05) is 0 Å². The van der Waals surface area contributed by atoms with Crippen LogP contribution in [0.1, 0.15) is 5.56 Å². The lowest BCUT2D eigenvalue weighted by Gasteiger charge is -2.08. The zero-order valence-electron chi connectivity index (χ0n) is 13.0. The van der Waals surface area contributed by atoms with E-state index in [4.69, 9.17) is 0 Å². The lowest BCUT2D eigenvalue weighted by Crippen LogP contribution is -2.28. The van der Waals surface area contributed by atoms with Crippen molar-refractivity contribution in [3.63, 3.8) is 0 Å². The average Bonchev–Trinajstić information content (AvgIpc) is 3.17. The van der Waals surface area contributed by atoms with Gasteiger partial charge in [-0.05, 0) is 42.0 Å². The minimum absolute atomic E-state index is 0.0864. The van der Waals surface area contributed by atoms with Gasteiger partial charge in [0.15, 0.2) is 0 Å². The van der Waals surface area contributed by atoms with E-state index in [0.717, 1.165) is 5.56 Å². The highest BCUT2D eigenvalue weighted by molar-refractivity contribution is 7.91. The van der Waals surface area contributed by atoms with Crippen LogP contribution in [0.2, 0.25) is 0 Å². The molecule has 128 valence electrons. The van der Waals surface area contributed by atoms with Gasteiger partial charge in [-0.25, -0.2) is 13.2 Å². The van der Waals surface area contributed by atoms with Crippen molar-refractivity contribution in [3.05, 3.63) is 66.7 Å². The van der Waals surface area contributed by atoms with Gasteiger partial charge < -0.3 is 10.6 Å². The summed E-state index contributed by atoms with van der Waals surface area (Å²) in [5.41, 5.74) is 1.41. The maximum atomic E-state index is 12.3.